The van der Waals surface area contributed by atoms with Gasteiger partial charge >= 0.3 is 6.36 Å². The Labute approximate surface area is 171 Å². The highest BCUT2D eigenvalue weighted by Gasteiger charge is 2.37. The van der Waals surface area contributed by atoms with Crippen molar-refractivity contribution >= 4 is 23.2 Å². The molecular formula is C21H20F3N3O3. The van der Waals surface area contributed by atoms with E-state index >= 15 is 0 Å². The Morgan fingerprint density at radius 1 is 1.17 bits per heavy atom. The molecule has 0 unspecified atom stereocenters. The largest absolute Gasteiger partial charge is 0.573 e. The lowest BCUT2D eigenvalue weighted by Gasteiger charge is -2.46. The van der Waals surface area contributed by atoms with Gasteiger partial charge in [0.1, 0.15) is 11.9 Å². The van der Waals surface area contributed by atoms with Gasteiger partial charge in [0.2, 0.25) is 0 Å². The summed E-state index contributed by atoms with van der Waals surface area (Å²) in [6.07, 6.45) is -1.98. The lowest BCUT2D eigenvalue weighted by atomic mass is 9.97. The number of amides is 2. The summed E-state index contributed by atoms with van der Waals surface area (Å²) >= 11 is 0. The molecular weight excluding hydrogens is 399 g/mol. The van der Waals surface area contributed by atoms with Crippen LogP contribution in [0, 0.1) is 0 Å². The van der Waals surface area contributed by atoms with Crippen LogP contribution in [0.3, 0.4) is 0 Å². The zero-order chi connectivity index (χ0) is 21.5. The molecule has 2 amide bonds. The molecule has 2 aromatic rings. The zero-order valence-electron chi connectivity index (χ0n) is 16.2. The maximum atomic E-state index is 12.8. The van der Waals surface area contributed by atoms with Gasteiger partial charge in [0.25, 0.3) is 11.8 Å². The number of halogens is 3. The summed E-state index contributed by atoms with van der Waals surface area (Å²) in [5.41, 5.74) is 1.68. The van der Waals surface area contributed by atoms with Gasteiger partial charge in [0, 0.05) is 30.9 Å². The smallest absolute Gasteiger partial charge is 0.406 e. The van der Waals surface area contributed by atoms with E-state index < -0.39 is 18.0 Å². The van der Waals surface area contributed by atoms with Crippen molar-refractivity contribution in [3.8, 4) is 5.75 Å². The first kappa shape index (κ1) is 20.1. The second-order valence-electron chi connectivity index (χ2n) is 7.35. The van der Waals surface area contributed by atoms with E-state index in [9.17, 15) is 22.8 Å². The number of hydrogen-bond acceptors (Lipinski definition) is 4. The number of carbonyl (C=O) groups excluding carboxylic acids is 2. The summed E-state index contributed by atoms with van der Waals surface area (Å²) in [7, 11) is 1.90. The van der Waals surface area contributed by atoms with E-state index in [2.05, 4.69) is 10.1 Å². The fraction of sp³-hybridized carbons (Fsp3) is 0.333. The van der Waals surface area contributed by atoms with Crippen LogP contribution in [-0.4, -0.2) is 42.8 Å². The Morgan fingerprint density at radius 3 is 2.73 bits per heavy atom. The predicted molar refractivity (Wildman–Crippen MR) is 105 cm³/mol. The molecule has 4 rings (SSSR count). The number of carbonyl (C=O) groups is 2. The van der Waals surface area contributed by atoms with E-state index in [-0.39, 0.29) is 17.8 Å². The van der Waals surface area contributed by atoms with Crippen molar-refractivity contribution in [2.45, 2.75) is 31.8 Å². The van der Waals surface area contributed by atoms with Crippen LogP contribution in [0.2, 0.25) is 0 Å². The number of rotatable bonds is 3. The summed E-state index contributed by atoms with van der Waals surface area (Å²) in [6, 6.07) is 9.88. The Balaban J connectivity index is 1.56. The van der Waals surface area contributed by atoms with Crippen LogP contribution in [0.25, 0.3) is 0 Å². The Bertz CT molecular complexity index is 993. The Morgan fingerprint density at radius 2 is 1.97 bits per heavy atom. The average molecular weight is 419 g/mol. The third-order valence-corrected chi connectivity index (χ3v) is 5.37. The van der Waals surface area contributed by atoms with E-state index in [1.54, 1.807) is 18.2 Å². The van der Waals surface area contributed by atoms with Crippen molar-refractivity contribution < 1.29 is 27.5 Å². The molecule has 2 aromatic carbocycles. The quantitative estimate of drug-likeness (QED) is 0.809. The predicted octanol–water partition coefficient (Wildman–Crippen LogP) is 4.24. The number of alkyl halides is 3. The summed E-state index contributed by atoms with van der Waals surface area (Å²) in [6.45, 7) is 0.714. The molecule has 2 aliphatic heterocycles. The van der Waals surface area contributed by atoms with Gasteiger partial charge in [0.15, 0.2) is 0 Å². The number of piperidine rings is 1. The first-order valence-corrected chi connectivity index (χ1v) is 9.58. The number of nitrogens with zero attached hydrogens (tertiary/aromatic N) is 2. The molecule has 2 aliphatic rings. The SMILES string of the molecule is CN1c2cc(C(=O)Nc3cccc(OC(F)(F)F)c3)ccc2C(=O)N2CCCC[C@H]21. The highest BCUT2D eigenvalue weighted by atomic mass is 19.4. The molecule has 0 spiro atoms. The van der Waals surface area contributed by atoms with Gasteiger partial charge in [-0.2, -0.15) is 0 Å². The van der Waals surface area contributed by atoms with Crippen molar-refractivity contribution in [2.24, 2.45) is 0 Å². The molecule has 1 N–H and O–H groups in total. The van der Waals surface area contributed by atoms with Crippen molar-refractivity contribution in [3.63, 3.8) is 0 Å². The molecule has 1 atom stereocenters. The monoisotopic (exact) mass is 419 g/mol. The number of hydrogen-bond donors (Lipinski definition) is 1. The van der Waals surface area contributed by atoms with Crippen LogP contribution in [0.4, 0.5) is 24.5 Å². The lowest BCUT2D eigenvalue weighted by molar-refractivity contribution is -0.274. The van der Waals surface area contributed by atoms with E-state index in [0.717, 1.165) is 31.4 Å². The molecule has 0 aliphatic carbocycles. The van der Waals surface area contributed by atoms with Crippen LogP contribution in [0.1, 0.15) is 40.0 Å². The number of ether oxygens (including phenoxy) is 1. The summed E-state index contributed by atoms with van der Waals surface area (Å²) < 4.78 is 41.1. The van der Waals surface area contributed by atoms with Crippen LogP contribution >= 0.6 is 0 Å². The zero-order valence-corrected chi connectivity index (χ0v) is 16.2. The highest BCUT2D eigenvalue weighted by Crippen LogP contribution is 2.35. The van der Waals surface area contributed by atoms with Gasteiger partial charge in [-0.3, -0.25) is 9.59 Å². The summed E-state index contributed by atoms with van der Waals surface area (Å²) in [5, 5.41) is 2.57. The second kappa shape index (κ2) is 7.55. The number of anilines is 2. The highest BCUT2D eigenvalue weighted by molar-refractivity contribution is 6.08. The van der Waals surface area contributed by atoms with E-state index in [1.807, 2.05) is 16.8 Å². The number of fused-ring (bicyclic) bond motifs is 2. The van der Waals surface area contributed by atoms with Crippen molar-refractivity contribution in [2.75, 3.05) is 23.8 Å². The minimum Gasteiger partial charge on any atom is -0.406 e. The van der Waals surface area contributed by atoms with Crippen LogP contribution in [-0.2, 0) is 0 Å². The van der Waals surface area contributed by atoms with Crippen LogP contribution < -0.4 is 15.0 Å². The molecule has 30 heavy (non-hydrogen) atoms. The van der Waals surface area contributed by atoms with Crippen molar-refractivity contribution in [1.82, 2.24) is 4.90 Å². The van der Waals surface area contributed by atoms with Gasteiger partial charge in [-0.15, -0.1) is 13.2 Å². The topological polar surface area (TPSA) is 61.9 Å². The van der Waals surface area contributed by atoms with E-state index in [0.29, 0.717) is 23.4 Å². The molecule has 1 saturated heterocycles. The van der Waals surface area contributed by atoms with Crippen LogP contribution in [0.15, 0.2) is 42.5 Å². The fourth-order valence-electron chi connectivity index (χ4n) is 3.99. The first-order valence-electron chi connectivity index (χ1n) is 9.58. The molecule has 6 nitrogen and oxygen atoms in total. The Kier molecular flexibility index (Phi) is 5.05. The first-order chi connectivity index (χ1) is 14.2. The second-order valence-corrected chi connectivity index (χ2v) is 7.35. The summed E-state index contributed by atoms with van der Waals surface area (Å²) in [4.78, 5) is 29.4. The van der Waals surface area contributed by atoms with E-state index in [1.165, 1.54) is 12.1 Å². The minimum atomic E-state index is -4.81. The molecule has 2 heterocycles. The fourth-order valence-corrected chi connectivity index (χ4v) is 3.99. The van der Waals surface area contributed by atoms with E-state index in [4.69, 9.17) is 0 Å². The third kappa shape index (κ3) is 3.92. The van der Waals surface area contributed by atoms with Crippen molar-refractivity contribution in [1.29, 1.82) is 0 Å². The Hall–Kier alpha value is -3.23. The normalized spacial score (nSPS) is 18.5. The number of benzene rings is 2. The van der Waals surface area contributed by atoms with Gasteiger partial charge in [0.05, 0.1) is 11.3 Å². The third-order valence-electron chi connectivity index (χ3n) is 5.37. The number of nitrogens with one attached hydrogen (secondary N) is 1. The molecule has 0 aromatic heterocycles. The average Bonchev–Trinajstić information content (AvgIpc) is 2.70. The van der Waals surface area contributed by atoms with Crippen molar-refractivity contribution in [3.05, 3.63) is 53.6 Å². The maximum Gasteiger partial charge on any atom is 0.573 e. The van der Waals surface area contributed by atoms with Gasteiger partial charge in [-0.1, -0.05) is 6.07 Å². The molecule has 0 radical (unpaired) electrons. The van der Waals surface area contributed by atoms with Gasteiger partial charge < -0.3 is 19.9 Å². The molecule has 0 bridgehead atoms. The maximum absolute atomic E-state index is 12.8. The van der Waals surface area contributed by atoms with Gasteiger partial charge in [-0.25, -0.2) is 0 Å². The lowest BCUT2D eigenvalue weighted by Crippen LogP contribution is -2.55. The molecule has 1 fully saturated rings. The minimum absolute atomic E-state index is 0.0340. The standard InChI is InChI=1S/C21H20F3N3O3/c1-26-17-11-13(8-9-16(17)20(29)27-10-3-2-7-18(26)27)19(28)25-14-5-4-6-15(12-14)30-21(22,23)24/h4-6,8-9,11-12,18H,2-3,7,10H2,1H3,(H,25,28)/t18-/m0/s1. The summed E-state index contributed by atoms with van der Waals surface area (Å²) in [5.74, 6) is -0.959. The molecule has 9 heteroatoms. The molecule has 158 valence electrons. The molecule has 0 saturated carbocycles. The van der Waals surface area contributed by atoms with Gasteiger partial charge in [-0.05, 0) is 49.6 Å². The van der Waals surface area contributed by atoms with Crippen LogP contribution in [0.5, 0.6) is 5.75 Å².